The minimum atomic E-state index is -0.175. The van der Waals surface area contributed by atoms with Crippen LogP contribution in [0.4, 0.5) is 10.5 Å². The molecule has 0 bridgehead atoms. The third-order valence-electron chi connectivity index (χ3n) is 4.41. The lowest BCUT2D eigenvalue weighted by molar-refractivity contribution is 0.182. The van der Waals surface area contributed by atoms with Crippen LogP contribution >= 0.6 is 0 Å². The Morgan fingerprint density at radius 3 is 2.79 bits per heavy atom. The number of urea groups is 1. The van der Waals surface area contributed by atoms with E-state index < -0.39 is 0 Å². The van der Waals surface area contributed by atoms with Crippen LogP contribution < -0.4 is 10.6 Å². The van der Waals surface area contributed by atoms with E-state index in [0.717, 1.165) is 24.1 Å². The summed E-state index contributed by atoms with van der Waals surface area (Å²) in [7, 11) is 0. The van der Waals surface area contributed by atoms with Crippen molar-refractivity contribution in [2.75, 3.05) is 18.5 Å². The van der Waals surface area contributed by atoms with Gasteiger partial charge in [0.1, 0.15) is 0 Å². The standard InChI is InChI=1S/C19H23N3O2/c1-2-15-5-3-4-6-17(15)21-19(23)22-18-13-24-12-16(18)11-14-7-9-20-10-8-14/h3-10,16,18H,2,11-13H2,1H3,(H2,21,22,23)/t16-,18+/m1/s1. The Labute approximate surface area is 142 Å². The Kier molecular flexibility index (Phi) is 5.43. The molecular weight excluding hydrogens is 302 g/mol. The number of anilines is 1. The number of nitrogens with zero attached hydrogens (tertiary/aromatic N) is 1. The van der Waals surface area contributed by atoms with Gasteiger partial charge in [-0.15, -0.1) is 0 Å². The maximum absolute atomic E-state index is 12.3. The second-order valence-electron chi connectivity index (χ2n) is 6.07. The summed E-state index contributed by atoms with van der Waals surface area (Å²) in [5.41, 5.74) is 3.20. The Bertz CT molecular complexity index is 675. The average Bonchev–Trinajstić information content (AvgIpc) is 3.03. The lowest BCUT2D eigenvalue weighted by Crippen LogP contribution is -2.43. The summed E-state index contributed by atoms with van der Waals surface area (Å²) in [4.78, 5) is 16.4. The Morgan fingerprint density at radius 1 is 1.21 bits per heavy atom. The van der Waals surface area contributed by atoms with Crippen molar-refractivity contribution < 1.29 is 9.53 Å². The topological polar surface area (TPSA) is 63.2 Å². The molecule has 5 nitrogen and oxygen atoms in total. The van der Waals surface area contributed by atoms with Gasteiger partial charge in [0, 0.05) is 24.0 Å². The summed E-state index contributed by atoms with van der Waals surface area (Å²) in [6.07, 6.45) is 5.34. The number of aromatic nitrogens is 1. The maximum atomic E-state index is 12.3. The molecule has 0 unspecified atom stereocenters. The molecule has 2 amide bonds. The van der Waals surface area contributed by atoms with Crippen molar-refractivity contribution in [2.45, 2.75) is 25.8 Å². The highest BCUT2D eigenvalue weighted by atomic mass is 16.5. The lowest BCUT2D eigenvalue weighted by Gasteiger charge is -2.20. The zero-order valence-corrected chi connectivity index (χ0v) is 13.9. The number of aryl methyl sites for hydroxylation is 1. The summed E-state index contributed by atoms with van der Waals surface area (Å²) in [5, 5.41) is 6.02. The Balaban J connectivity index is 1.59. The number of ether oxygens (including phenoxy) is 1. The molecule has 1 aromatic carbocycles. The second-order valence-corrected chi connectivity index (χ2v) is 6.07. The Hall–Kier alpha value is -2.40. The number of carbonyl (C=O) groups excluding carboxylic acids is 1. The van der Waals surface area contributed by atoms with Crippen LogP contribution in [0, 0.1) is 5.92 Å². The summed E-state index contributed by atoms with van der Waals surface area (Å²) >= 11 is 0. The quantitative estimate of drug-likeness (QED) is 0.888. The van der Waals surface area contributed by atoms with E-state index in [4.69, 9.17) is 4.74 Å². The molecule has 5 heteroatoms. The van der Waals surface area contributed by atoms with Crippen molar-refractivity contribution in [3.8, 4) is 0 Å². The smallest absolute Gasteiger partial charge is 0.319 e. The molecule has 2 atom stereocenters. The first kappa shape index (κ1) is 16.5. The van der Waals surface area contributed by atoms with Crippen LogP contribution in [0.3, 0.4) is 0 Å². The summed E-state index contributed by atoms with van der Waals surface area (Å²) < 4.78 is 5.58. The van der Waals surface area contributed by atoms with E-state index in [0.29, 0.717) is 13.2 Å². The van der Waals surface area contributed by atoms with Crippen LogP contribution in [0.15, 0.2) is 48.8 Å². The molecular formula is C19H23N3O2. The molecule has 1 aromatic heterocycles. The van der Waals surface area contributed by atoms with Gasteiger partial charge < -0.3 is 15.4 Å². The number of hydrogen-bond acceptors (Lipinski definition) is 3. The van der Waals surface area contributed by atoms with Crippen molar-refractivity contribution >= 4 is 11.7 Å². The minimum Gasteiger partial charge on any atom is -0.379 e. The second kappa shape index (κ2) is 7.93. The van der Waals surface area contributed by atoms with Crippen LogP contribution in [0.1, 0.15) is 18.1 Å². The number of pyridine rings is 1. The van der Waals surface area contributed by atoms with Gasteiger partial charge in [-0.3, -0.25) is 4.98 Å². The van der Waals surface area contributed by atoms with Gasteiger partial charge in [-0.2, -0.15) is 0 Å². The van der Waals surface area contributed by atoms with Gasteiger partial charge in [0.25, 0.3) is 0 Å². The molecule has 0 spiro atoms. The average molecular weight is 325 g/mol. The molecule has 3 rings (SSSR count). The SMILES string of the molecule is CCc1ccccc1NC(=O)N[C@H]1COC[C@H]1Cc1ccncc1. The van der Waals surface area contributed by atoms with E-state index in [1.807, 2.05) is 36.4 Å². The minimum absolute atomic E-state index is 0.0203. The maximum Gasteiger partial charge on any atom is 0.319 e. The normalized spacial score (nSPS) is 19.9. The fourth-order valence-electron chi connectivity index (χ4n) is 3.06. The fraction of sp³-hybridized carbons (Fsp3) is 0.368. The van der Waals surface area contributed by atoms with Crippen LogP contribution in [0.25, 0.3) is 0 Å². The zero-order valence-electron chi connectivity index (χ0n) is 13.9. The molecule has 1 aliphatic rings. The highest BCUT2D eigenvalue weighted by molar-refractivity contribution is 5.90. The van der Waals surface area contributed by atoms with E-state index in [1.54, 1.807) is 12.4 Å². The predicted molar refractivity (Wildman–Crippen MR) is 94.0 cm³/mol. The number of amides is 2. The largest absolute Gasteiger partial charge is 0.379 e. The number of nitrogens with one attached hydrogen (secondary N) is 2. The van der Waals surface area contributed by atoms with Crippen molar-refractivity contribution in [1.82, 2.24) is 10.3 Å². The summed E-state index contributed by atoms with van der Waals surface area (Å²) in [6, 6.07) is 11.7. The molecule has 2 aromatic rings. The van der Waals surface area contributed by atoms with E-state index in [9.17, 15) is 4.79 Å². The zero-order chi connectivity index (χ0) is 16.8. The summed E-state index contributed by atoms with van der Waals surface area (Å²) in [5.74, 6) is 0.277. The van der Waals surface area contributed by atoms with Gasteiger partial charge >= 0.3 is 6.03 Å². The number of para-hydroxylation sites is 1. The molecule has 1 saturated heterocycles. The monoisotopic (exact) mass is 325 g/mol. The molecule has 2 heterocycles. The van der Waals surface area contributed by atoms with Gasteiger partial charge in [0.15, 0.2) is 0 Å². The summed E-state index contributed by atoms with van der Waals surface area (Å²) in [6.45, 7) is 3.30. The number of benzene rings is 1. The predicted octanol–water partition coefficient (Wildman–Crippen LogP) is 3.02. The number of carbonyl (C=O) groups is 1. The molecule has 1 fully saturated rings. The molecule has 2 N–H and O–H groups in total. The highest BCUT2D eigenvalue weighted by Gasteiger charge is 2.29. The van der Waals surface area contributed by atoms with Crippen LogP contribution in [0.5, 0.6) is 0 Å². The van der Waals surface area contributed by atoms with Gasteiger partial charge in [-0.05, 0) is 42.2 Å². The molecule has 0 saturated carbocycles. The van der Waals surface area contributed by atoms with Crippen molar-refractivity contribution in [1.29, 1.82) is 0 Å². The first-order valence-corrected chi connectivity index (χ1v) is 8.38. The van der Waals surface area contributed by atoms with E-state index >= 15 is 0 Å². The molecule has 0 radical (unpaired) electrons. The van der Waals surface area contributed by atoms with Gasteiger partial charge in [0.05, 0.1) is 19.3 Å². The lowest BCUT2D eigenvalue weighted by atomic mass is 9.95. The van der Waals surface area contributed by atoms with Crippen molar-refractivity contribution in [3.05, 3.63) is 59.9 Å². The molecule has 0 aliphatic carbocycles. The van der Waals surface area contributed by atoms with Gasteiger partial charge in [-0.25, -0.2) is 4.79 Å². The number of rotatable bonds is 5. The molecule has 1 aliphatic heterocycles. The fourth-order valence-corrected chi connectivity index (χ4v) is 3.06. The van der Waals surface area contributed by atoms with Gasteiger partial charge in [-0.1, -0.05) is 25.1 Å². The number of hydrogen-bond donors (Lipinski definition) is 2. The van der Waals surface area contributed by atoms with Crippen LogP contribution in [-0.2, 0) is 17.6 Å². The molecule has 24 heavy (non-hydrogen) atoms. The Morgan fingerprint density at radius 2 is 2.00 bits per heavy atom. The first-order chi connectivity index (χ1) is 11.8. The third kappa shape index (κ3) is 4.11. The molecule has 126 valence electrons. The van der Waals surface area contributed by atoms with E-state index in [-0.39, 0.29) is 18.0 Å². The first-order valence-electron chi connectivity index (χ1n) is 8.38. The highest BCUT2D eigenvalue weighted by Crippen LogP contribution is 2.20. The van der Waals surface area contributed by atoms with Crippen LogP contribution in [0.2, 0.25) is 0 Å². The van der Waals surface area contributed by atoms with Crippen molar-refractivity contribution in [2.24, 2.45) is 5.92 Å². The third-order valence-corrected chi connectivity index (χ3v) is 4.41. The van der Waals surface area contributed by atoms with E-state index in [2.05, 4.69) is 22.5 Å². The van der Waals surface area contributed by atoms with Crippen molar-refractivity contribution in [3.63, 3.8) is 0 Å². The van der Waals surface area contributed by atoms with E-state index in [1.165, 1.54) is 5.56 Å². The van der Waals surface area contributed by atoms with Crippen LogP contribution in [-0.4, -0.2) is 30.3 Å². The van der Waals surface area contributed by atoms with Gasteiger partial charge in [0.2, 0.25) is 0 Å².